The van der Waals surface area contributed by atoms with Crippen LogP contribution in [0.25, 0.3) is 0 Å². The molecule has 90 valence electrons. The SMILES string of the molecule is COCCS(=O)C1CCCCCCC1N. The summed E-state index contributed by atoms with van der Waals surface area (Å²) >= 11 is 0. The average molecular weight is 233 g/mol. The highest BCUT2D eigenvalue weighted by Gasteiger charge is 2.24. The van der Waals surface area contributed by atoms with E-state index in [4.69, 9.17) is 10.5 Å². The molecule has 0 aromatic heterocycles. The molecule has 2 N–H and O–H groups in total. The van der Waals surface area contributed by atoms with E-state index in [1.807, 2.05) is 0 Å². The Morgan fingerprint density at radius 1 is 1.27 bits per heavy atom. The van der Waals surface area contributed by atoms with Crippen LogP contribution in [0.15, 0.2) is 0 Å². The fourth-order valence-electron chi connectivity index (χ4n) is 2.12. The Labute approximate surface area is 95.2 Å². The van der Waals surface area contributed by atoms with Crippen molar-refractivity contribution in [3.63, 3.8) is 0 Å². The van der Waals surface area contributed by atoms with Gasteiger partial charge in [-0.05, 0) is 12.8 Å². The van der Waals surface area contributed by atoms with Crippen LogP contribution < -0.4 is 5.73 Å². The van der Waals surface area contributed by atoms with Gasteiger partial charge in [0.05, 0.1) is 6.61 Å². The number of hydrogen-bond acceptors (Lipinski definition) is 3. The molecule has 3 nitrogen and oxygen atoms in total. The third-order valence-corrected chi connectivity index (χ3v) is 4.91. The third-order valence-electron chi connectivity index (χ3n) is 3.08. The van der Waals surface area contributed by atoms with E-state index in [2.05, 4.69) is 0 Å². The topological polar surface area (TPSA) is 52.3 Å². The lowest BCUT2D eigenvalue weighted by molar-refractivity contribution is 0.217. The van der Waals surface area contributed by atoms with E-state index < -0.39 is 10.8 Å². The zero-order valence-electron chi connectivity index (χ0n) is 9.61. The van der Waals surface area contributed by atoms with Gasteiger partial charge in [-0.3, -0.25) is 4.21 Å². The Bertz CT molecular complexity index is 199. The molecular weight excluding hydrogens is 210 g/mol. The van der Waals surface area contributed by atoms with Crippen LogP contribution in [0, 0.1) is 0 Å². The van der Waals surface area contributed by atoms with Gasteiger partial charge in [0, 0.05) is 35.0 Å². The number of rotatable bonds is 4. The van der Waals surface area contributed by atoms with E-state index in [-0.39, 0.29) is 11.3 Å². The summed E-state index contributed by atoms with van der Waals surface area (Å²) < 4.78 is 16.9. The first-order valence-corrected chi connectivity index (χ1v) is 7.25. The Morgan fingerprint density at radius 2 is 1.93 bits per heavy atom. The van der Waals surface area contributed by atoms with Crippen LogP contribution in [0.1, 0.15) is 38.5 Å². The summed E-state index contributed by atoms with van der Waals surface area (Å²) in [6, 6.07) is 0.128. The van der Waals surface area contributed by atoms with Crippen LogP contribution >= 0.6 is 0 Å². The van der Waals surface area contributed by atoms with E-state index in [9.17, 15) is 4.21 Å². The van der Waals surface area contributed by atoms with Crippen molar-refractivity contribution in [1.82, 2.24) is 0 Å². The first-order chi connectivity index (χ1) is 7.25. The second-order valence-corrected chi connectivity index (χ2v) is 6.05. The summed E-state index contributed by atoms with van der Waals surface area (Å²) in [4.78, 5) is 0. The van der Waals surface area contributed by atoms with E-state index in [0.717, 1.165) is 12.8 Å². The standard InChI is InChI=1S/C11H23NO2S/c1-14-8-9-15(13)11-7-5-3-2-4-6-10(11)12/h10-11H,2-9,12H2,1H3. The molecule has 0 spiro atoms. The Balaban J connectivity index is 2.43. The fraction of sp³-hybridized carbons (Fsp3) is 1.00. The molecule has 0 radical (unpaired) electrons. The molecule has 1 fully saturated rings. The van der Waals surface area contributed by atoms with E-state index in [1.54, 1.807) is 7.11 Å². The highest BCUT2D eigenvalue weighted by Crippen LogP contribution is 2.20. The van der Waals surface area contributed by atoms with Crippen molar-refractivity contribution in [3.8, 4) is 0 Å². The quantitative estimate of drug-likeness (QED) is 0.799. The van der Waals surface area contributed by atoms with Crippen molar-refractivity contribution in [3.05, 3.63) is 0 Å². The molecule has 0 amide bonds. The molecule has 15 heavy (non-hydrogen) atoms. The minimum atomic E-state index is -0.805. The van der Waals surface area contributed by atoms with E-state index >= 15 is 0 Å². The molecule has 4 heteroatoms. The summed E-state index contributed by atoms with van der Waals surface area (Å²) in [5.41, 5.74) is 6.09. The van der Waals surface area contributed by atoms with Gasteiger partial charge in [-0.25, -0.2) is 0 Å². The van der Waals surface area contributed by atoms with Gasteiger partial charge in [0.15, 0.2) is 0 Å². The van der Waals surface area contributed by atoms with Gasteiger partial charge in [-0.2, -0.15) is 0 Å². The number of methoxy groups -OCH3 is 1. The van der Waals surface area contributed by atoms with Crippen molar-refractivity contribution < 1.29 is 8.95 Å². The zero-order valence-corrected chi connectivity index (χ0v) is 10.4. The highest BCUT2D eigenvalue weighted by atomic mass is 32.2. The maximum Gasteiger partial charge on any atom is 0.0577 e. The van der Waals surface area contributed by atoms with Gasteiger partial charge in [-0.1, -0.05) is 25.7 Å². The molecule has 0 aromatic rings. The van der Waals surface area contributed by atoms with Crippen molar-refractivity contribution in [2.24, 2.45) is 5.73 Å². The maximum atomic E-state index is 12.0. The number of nitrogens with two attached hydrogens (primary N) is 1. The van der Waals surface area contributed by atoms with Crippen LogP contribution in [0.3, 0.4) is 0 Å². The predicted octanol–water partition coefficient (Wildman–Crippen LogP) is 1.43. The summed E-state index contributed by atoms with van der Waals surface area (Å²) in [7, 11) is 0.843. The molecule has 3 unspecified atom stereocenters. The van der Waals surface area contributed by atoms with E-state index in [0.29, 0.717) is 12.4 Å². The van der Waals surface area contributed by atoms with Gasteiger partial charge in [0.1, 0.15) is 0 Å². The molecule has 0 aliphatic heterocycles. The third kappa shape index (κ3) is 4.62. The normalized spacial score (nSPS) is 30.5. The predicted molar refractivity (Wildman–Crippen MR) is 64.4 cm³/mol. The summed E-state index contributed by atoms with van der Waals surface area (Å²) in [6.07, 6.45) is 6.98. The van der Waals surface area contributed by atoms with E-state index in [1.165, 1.54) is 25.7 Å². The lowest BCUT2D eigenvalue weighted by atomic mass is 9.97. The van der Waals surface area contributed by atoms with Crippen molar-refractivity contribution in [1.29, 1.82) is 0 Å². The molecule has 0 heterocycles. The lowest BCUT2D eigenvalue weighted by Gasteiger charge is -2.25. The first-order valence-electron chi connectivity index (χ1n) is 5.87. The average Bonchev–Trinajstić information content (AvgIpc) is 2.20. The van der Waals surface area contributed by atoms with Crippen molar-refractivity contribution >= 4 is 10.8 Å². The largest absolute Gasteiger partial charge is 0.384 e. The summed E-state index contributed by atoms with van der Waals surface area (Å²) in [6.45, 7) is 0.579. The molecule has 0 saturated heterocycles. The molecule has 0 bridgehead atoms. The van der Waals surface area contributed by atoms with Gasteiger partial charge >= 0.3 is 0 Å². The van der Waals surface area contributed by atoms with Gasteiger partial charge in [-0.15, -0.1) is 0 Å². The van der Waals surface area contributed by atoms with Crippen LogP contribution in [0.5, 0.6) is 0 Å². The van der Waals surface area contributed by atoms with Crippen LogP contribution in [0.4, 0.5) is 0 Å². The second kappa shape index (κ2) is 7.36. The molecule has 1 rings (SSSR count). The maximum absolute atomic E-state index is 12.0. The monoisotopic (exact) mass is 233 g/mol. The molecule has 1 aliphatic rings. The summed E-state index contributed by atoms with van der Waals surface area (Å²) in [5.74, 6) is 0.634. The fourth-order valence-corrected chi connectivity index (χ4v) is 3.71. The van der Waals surface area contributed by atoms with Crippen molar-refractivity contribution in [2.45, 2.75) is 49.8 Å². The Hall–Kier alpha value is 0.0700. The van der Waals surface area contributed by atoms with Crippen LogP contribution in [0.2, 0.25) is 0 Å². The van der Waals surface area contributed by atoms with Gasteiger partial charge in [0.2, 0.25) is 0 Å². The minimum absolute atomic E-state index is 0.128. The number of hydrogen-bond donors (Lipinski definition) is 1. The smallest absolute Gasteiger partial charge is 0.0577 e. The molecule has 0 aromatic carbocycles. The van der Waals surface area contributed by atoms with Gasteiger partial charge in [0.25, 0.3) is 0 Å². The first kappa shape index (κ1) is 13.1. The molecule has 1 aliphatic carbocycles. The minimum Gasteiger partial charge on any atom is -0.384 e. The lowest BCUT2D eigenvalue weighted by Crippen LogP contribution is -2.39. The van der Waals surface area contributed by atoms with Gasteiger partial charge < -0.3 is 10.5 Å². The van der Waals surface area contributed by atoms with Crippen LogP contribution in [-0.4, -0.2) is 35.0 Å². The molecule has 3 atom stereocenters. The van der Waals surface area contributed by atoms with Crippen molar-refractivity contribution in [2.75, 3.05) is 19.5 Å². The second-order valence-electron chi connectivity index (χ2n) is 4.27. The highest BCUT2D eigenvalue weighted by molar-refractivity contribution is 7.85. The zero-order chi connectivity index (χ0) is 11.1. The number of ether oxygens (including phenoxy) is 1. The van der Waals surface area contributed by atoms with Crippen LogP contribution in [-0.2, 0) is 15.5 Å². The molecule has 1 saturated carbocycles. The molecular formula is C11H23NO2S. The summed E-state index contributed by atoms with van der Waals surface area (Å²) in [5, 5.41) is 0.195. The Kier molecular flexibility index (Phi) is 6.45. The Morgan fingerprint density at radius 3 is 2.60 bits per heavy atom.